The van der Waals surface area contributed by atoms with Crippen LogP contribution in [0.2, 0.25) is 0 Å². The van der Waals surface area contributed by atoms with Crippen molar-refractivity contribution in [3.63, 3.8) is 0 Å². The Morgan fingerprint density at radius 1 is 1.33 bits per heavy atom. The summed E-state index contributed by atoms with van der Waals surface area (Å²) in [5, 5.41) is 0. The van der Waals surface area contributed by atoms with Crippen LogP contribution in [0.25, 0.3) is 0 Å². The molecule has 0 amide bonds. The van der Waals surface area contributed by atoms with Crippen LogP contribution in [-0.4, -0.2) is 56.1 Å². The van der Waals surface area contributed by atoms with Gasteiger partial charge in [-0.05, 0) is 25.0 Å². The number of likely N-dealkylation sites (tertiary alicyclic amines) is 1. The third-order valence-corrected chi connectivity index (χ3v) is 5.09. The van der Waals surface area contributed by atoms with Gasteiger partial charge in [0, 0.05) is 31.3 Å². The molecule has 5 heteroatoms. The van der Waals surface area contributed by atoms with E-state index >= 15 is 0 Å². The summed E-state index contributed by atoms with van der Waals surface area (Å²) in [6.45, 7) is 8.18. The quantitative estimate of drug-likeness (QED) is 0.403. The van der Waals surface area contributed by atoms with Gasteiger partial charge >= 0.3 is 0 Å². The largest absolute Gasteiger partial charge is 0.380 e. The van der Waals surface area contributed by atoms with E-state index in [4.69, 9.17) is 4.74 Å². The number of nitrogens with zero attached hydrogens (tertiary/aromatic N) is 1. The number of allylic oxidation sites excluding steroid dienone is 1. The van der Waals surface area contributed by atoms with Crippen LogP contribution in [-0.2, 0) is 19.1 Å². The fraction of sp³-hybridized carbons (Fsp3) is 0.688. The third kappa shape index (κ3) is 2.28. The molecule has 2 saturated carbocycles. The molecule has 0 radical (unpaired) electrons. The first-order valence-corrected chi connectivity index (χ1v) is 7.38. The normalized spacial score (nSPS) is 36.6. The first-order valence-electron chi connectivity index (χ1n) is 7.38. The van der Waals surface area contributed by atoms with Gasteiger partial charge in [-0.15, -0.1) is 0 Å². The molecule has 2 saturated heterocycles. The molecule has 0 aromatic carbocycles. The first-order chi connectivity index (χ1) is 9.90. The first kappa shape index (κ1) is 14.6. The average Bonchev–Trinajstić information content (AvgIpc) is 2.55. The van der Waals surface area contributed by atoms with Crippen LogP contribution < -0.4 is 0 Å². The molecule has 4 aliphatic rings. The van der Waals surface area contributed by atoms with Crippen LogP contribution in [0.5, 0.6) is 0 Å². The van der Waals surface area contributed by atoms with Crippen LogP contribution in [0.4, 0.5) is 0 Å². The maximum atomic E-state index is 11.6. The molecule has 21 heavy (non-hydrogen) atoms. The summed E-state index contributed by atoms with van der Waals surface area (Å²) in [5.74, 6) is -0.271. The van der Waals surface area contributed by atoms with Gasteiger partial charge in [-0.1, -0.05) is 6.58 Å². The number of ketones is 2. The zero-order valence-corrected chi connectivity index (χ0v) is 12.4. The minimum Gasteiger partial charge on any atom is -0.380 e. The van der Waals surface area contributed by atoms with Crippen molar-refractivity contribution in [2.45, 2.75) is 19.3 Å². The monoisotopic (exact) mass is 291 g/mol. The van der Waals surface area contributed by atoms with Crippen LogP contribution in [0.15, 0.2) is 12.2 Å². The summed E-state index contributed by atoms with van der Waals surface area (Å²) < 4.78 is 5.10. The topological polar surface area (TPSA) is 63.7 Å². The van der Waals surface area contributed by atoms with E-state index in [2.05, 4.69) is 18.5 Å². The van der Waals surface area contributed by atoms with Gasteiger partial charge in [0.1, 0.15) is 12.1 Å². The van der Waals surface area contributed by atoms with E-state index in [0.29, 0.717) is 30.1 Å². The lowest BCUT2D eigenvalue weighted by molar-refractivity contribution is -0.182. The molecule has 2 atom stereocenters. The highest BCUT2D eigenvalue weighted by Crippen LogP contribution is 2.48. The Morgan fingerprint density at radius 3 is 2.43 bits per heavy atom. The second kappa shape index (κ2) is 4.85. The Hall–Kier alpha value is -1.33. The molecule has 4 fully saturated rings. The van der Waals surface area contributed by atoms with Gasteiger partial charge < -0.3 is 14.4 Å². The van der Waals surface area contributed by atoms with Crippen molar-refractivity contribution in [3.05, 3.63) is 12.2 Å². The van der Waals surface area contributed by atoms with Gasteiger partial charge in [0.25, 0.3) is 0 Å². The summed E-state index contributed by atoms with van der Waals surface area (Å²) >= 11 is 0. The average molecular weight is 291 g/mol. The molecule has 114 valence electrons. The van der Waals surface area contributed by atoms with Crippen LogP contribution >= 0.6 is 0 Å². The van der Waals surface area contributed by atoms with Gasteiger partial charge in [-0.2, -0.15) is 0 Å². The molecule has 2 heterocycles. The number of rotatable bonds is 1. The van der Waals surface area contributed by atoms with Gasteiger partial charge in [0.2, 0.25) is 0 Å². The highest BCUT2D eigenvalue weighted by Gasteiger charge is 2.54. The summed E-state index contributed by atoms with van der Waals surface area (Å²) in [6, 6.07) is 0. The highest BCUT2D eigenvalue weighted by molar-refractivity contribution is 6.14. The maximum Gasteiger partial charge on any atom is 0.172 e. The minimum atomic E-state index is -1.03. The van der Waals surface area contributed by atoms with Gasteiger partial charge in [0.05, 0.1) is 18.6 Å². The van der Waals surface area contributed by atoms with E-state index in [1.807, 2.05) is 0 Å². The van der Waals surface area contributed by atoms with Crippen molar-refractivity contribution in [1.82, 2.24) is 4.90 Å². The number of aldehydes is 1. The maximum absolute atomic E-state index is 11.6. The fourth-order valence-corrected chi connectivity index (χ4v) is 4.02. The molecule has 0 aromatic heterocycles. The van der Waals surface area contributed by atoms with Crippen LogP contribution in [0.1, 0.15) is 19.3 Å². The van der Waals surface area contributed by atoms with Crippen molar-refractivity contribution in [2.24, 2.45) is 16.7 Å². The summed E-state index contributed by atoms with van der Waals surface area (Å²) in [4.78, 5) is 36.0. The van der Waals surface area contributed by atoms with E-state index in [9.17, 15) is 14.4 Å². The van der Waals surface area contributed by atoms with Crippen LogP contribution in [0.3, 0.4) is 0 Å². The van der Waals surface area contributed by atoms with E-state index in [1.54, 1.807) is 0 Å². The summed E-state index contributed by atoms with van der Waals surface area (Å²) in [7, 11) is 2.16. The smallest absolute Gasteiger partial charge is 0.172 e. The molecule has 1 spiro atoms. The van der Waals surface area contributed by atoms with Crippen molar-refractivity contribution in [1.29, 1.82) is 0 Å². The van der Waals surface area contributed by atoms with E-state index in [0.717, 1.165) is 13.2 Å². The summed E-state index contributed by atoms with van der Waals surface area (Å²) in [6.07, 6.45) is 1.61. The van der Waals surface area contributed by atoms with Crippen molar-refractivity contribution < 1.29 is 19.1 Å². The van der Waals surface area contributed by atoms with Crippen molar-refractivity contribution in [2.75, 3.05) is 33.4 Å². The molecular formula is C16H21NO4. The lowest BCUT2D eigenvalue weighted by atomic mass is 9.76. The zero-order chi connectivity index (χ0) is 15.3. The number of hydrogen-bond acceptors (Lipinski definition) is 5. The number of fused-ring (bicyclic) bond motifs is 2. The number of Topliss-reactive ketones (excluding diaryl/α,β-unsaturated/α-hetero) is 2. The van der Waals surface area contributed by atoms with E-state index < -0.39 is 5.41 Å². The predicted molar refractivity (Wildman–Crippen MR) is 75.7 cm³/mol. The number of carbonyl (C=O) groups excluding carboxylic acids is 3. The molecule has 2 aliphatic heterocycles. The molecule has 0 aromatic rings. The van der Waals surface area contributed by atoms with Crippen molar-refractivity contribution >= 4 is 17.9 Å². The second-order valence-electron chi connectivity index (χ2n) is 7.11. The molecule has 2 aliphatic carbocycles. The SMILES string of the molecule is C=C1C(=O)C2(C=O)CC(=O)CC1C2.CN1CC2(COC2)C1. The Kier molecular flexibility index (Phi) is 3.37. The fourth-order valence-electron chi connectivity index (χ4n) is 4.02. The lowest BCUT2D eigenvalue weighted by Gasteiger charge is -2.53. The summed E-state index contributed by atoms with van der Waals surface area (Å²) in [5.41, 5.74) is 0.0594. The highest BCUT2D eigenvalue weighted by atomic mass is 16.5. The number of hydrogen-bond donors (Lipinski definition) is 0. The van der Waals surface area contributed by atoms with E-state index in [1.165, 1.54) is 13.1 Å². The molecule has 2 bridgehead atoms. The zero-order valence-electron chi connectivity index (χ0n) is 12.4. The Bertz CT molecular complexity index is 514. The minimum absolute atomic E-state index is 0.00958. The molecule has 0 N–H and O–H groups in total. The molecule has 4 rings (SSSR count). The van der Waals surface area contributed by atoms with Gasteiger partial charge in [-0.25, -0.2) is 0 Å². The Labute approximate surface area is 124 Å². The second-order valence-corrected chi connectivity index (χ2v) is 7.11. The standard InChI is InChI=1S/C10H10O3.C6H11NO/c1-6-7-2-8(12)4-10(3-7,5-11)9(6)13;1-7-2-6(3-7)4-8-5-6/h5,7H,1-4H2;2-5H2,1H3. The van der Waals surface area contributed by atoms with Gasteiger partial charge in [0.15, 0.2) is 5.78 Å². The van der Waals surface area contributed by atoms with Gasteiger partial charge in [-0.3, -0.25) is 9.59 Å². The van der Waals surface area contributed by atoms with Crippen LogP contribution in [0, 0.1) is 16.7 Å². The predicted octanol–water partition coefficient (Wildman–Crippen LogP) is 0.628. The molecule has 5 nitrogen and oxygen atoms in total. The Balaban J connectivity index is 0.000000140. The number of carbonyl (C=O) groups is 3. The molecular weight excluding hydrogens is 270 g/mol. The third-order valence-electron chi connectivity index (χ3n) is 5.09. The Morgan fingerprint density at radius 2 is 2.00 bits per heavy atom. The lowest BCUT2D eigenvalue weighted by Crippen LogP contribution is -2.64. The van der Waals surface area contributed by atoms with E-state index in [-0.39, 0.29) is 23.9 Å². The molecule has 2 unspecified atom stereocenters. The number of ether oxygens (including phenoxy) is 1. The van der Waals surface area contributed by atoms with Crippen molar-refractivity contribution in [3.8, 4) is 0 Å².